The second-order valence-electron chi connectivity index (χ2n) is 5.34. The molecule has 3 aromatic rings. The lowest BCUT2D eigenvalue weighted by molar-refractivity contribution is -0.0927. The number of methoxy groups -OCH3 is 2. The van der Waals surface area contributed by atoms with E-state index in [1.807, 2.05) is 0 Å². The molecule has 1 aromatic carbocycles. The Balaban J connectivity index is 2.11. The van der Waals surface area contributed by atoms with Gasteiger partial charge in [0.1, 0.15) is 0 Å². The van der Waals surface area contributed by atoms with Crippen LogP contribution in [0.1, 0.15) is 0 Å². The number of nitrogens with one attached hydrogen (secondary N) is 1. The van der Waals surface area contributed by atoms with E-state index in [-0.39, 0.29) is 12.1 Å². The maximum Gasteiger partial charge on any atom is 0.270 e. The average molecular weight is 395 g/mol. The molecule has 2 heterocycles. The highest BCUT2D eigenvalue weighted by Gasteiger charge is 2.14. The highest BCUT2D eigenvalue weighted by atomic mass is 35.5. The van der Waals surface area contributed by atoms with E-state index in [2.05, 4.69) is 15.4 Å². The molecule has 0 unspecified atom stereocenters. The van der Waals surface area contributed by atoms with Gasteiger partial charge in [-0.25, -0.2) is 14.6 Å². The van der Waals surface area contributed by atoms with Crippen molar-refractivity contribution in [3.63, 3.8) is 0 Å². The van der Waals surface area contributed by atoms with Crippen molar-refractivity contribution in [3.8, 4) is 11.4 Å². The molecule has 0 aliphatic heterocycles. The van der Waals surface area contributed by atoms with Crippen molar-refractivity contribution >= 4 is 34.2 Å². The van der Waals surface area contributed by atoms with E-state index >= 15 is 0 Å². The first-order chi connectivity index (χ1) is 12.5. The Hall–Kier alpha value is -2.19. The zero-order chi connectivity index (χ0) is 18.7. The van der Waals surface area contributed by atoms with Crippen molar-refractivity contribution in [1.82, 2.24) is 14.6 Å². The number of ether oxygens (including phenoxy) is 2. The van der Waals surface area contributed by atoms with E-state index in [1.54, 1.807) is 30.5 Å². The van der Waals surface area contributed by atoms with Crippen LogP contribution in [0.4, 0.5) is 0 Å². The Kier molecular flexibility index (Phi) is 5.73. The zero-order valence-corrected chi connectivity index (χ0v) is 15.6. The predicted molar refractivity (Wildman–Crippen MR) is 101 cm³/mol. The molecule has 0 aliphatic carbocycles. The first-order valence-electron chi connectivity index (χ1n) is 7.68. The van der Waals surface area contributed by atoms with Crippen molar-refractivity contribution < 1.29 is 9.47 Å². The fraction of sp³-hybridized carbons (Fsp3) is 0.235. The second kappa shape index (κ2) is 8.01. The lowest BCUT2D eigenvalue weighted by Gasteiger charge is -2.17. The lowest BCUT2D eigenvalue weighted by atomic mass is 10.2. The van der Waals surface area contributed by atoms with Gasteiger partial charge >= 0.3 is 0 Å². The van der Waals surface area contributed by atoms with Crippen molar-refractivity contribution in [1.29, 1.82) is 0 Å². The summed E-state index contributed by atoms with van der Waals surface area (Å²) in [6, 6.07) is 8.22. The monoisotopic (exact) mass is 394 g/mol. The first-order valence-corrected chi connectivity index (χ1v) is 8.43. The molecule has 9 heteroatoms. The molecular weight excluding hydrogens is 379 g/mol. The summed E-state index contributed by atoms with van der Waals surface area (Å²) in [5.41, 5.74) is 3.58. The molecule has 1 N–H and O–H groups in total. The Morgan fingerprint density at radius 2 is 1.85 bits per heavy atom. The lowest BCUT2D eigenvalue weighted by Crippen LogP contribution is -2.35. The summed E-state index contributed by atoms with van der Waals surface area (Å²) in [5, 5.41) is 1.53. The third-order valence-corrected chi connectivity index (χ3v) is 4.39. The van der Waals surface area contributed by atoms with E-state index in [9.17, 15) is 4.79 Å². The first kappa shape index (κ1) is 18.6. The van der Waals surface area contributed by atoms with Gasteiger partial charge in [-0.05, 0) is 18.2 Å². The summed E-state index contributed by atoms with van der Waals surface area (Å²) in [6.45, 7) is 0.248. The second-order valence-corrected chi connectivity index (χ2v) is 6.15. The van der Waals surface area contributed by atoms with Crippen molar-refractivity contribution in [2.24, 2.45) is 0 Å². The van der Waals surface area contributed by atoms with Gasteiger partial charge in [-0.15, -0.1) is 0 Å². The standard InChI is InChI=1S/C17H16Cl2N4O3/c1-25-14(26-2)9-21-23-13(24)7-6-10-8-20-16(22-17(10)23)15-11(18)4-3-5-12(15)19/h3-8,14,21H,9H2,1-2H3. The molecule has 0 amide bonds. The smallest absolute Gasteiger partial charge is 0.270 e. The molecule has 0 saturated carbocycles. The Morgan fingerprint density at radius 1 is 1.15 bits per heavy atom. The molecule has 0 aliphatic rings. The van der Waals surface area contributed by atoms with Crippen LogP contribution < -0.4 is 11.0 Å². The van der Waals surface area contributed by atoms with E-state index < -0.39 is 6.29 Å². The summed E-state index contributed by atoms with van der Waals surface area (Å²) < 4.78 is 11.6. The third-order valence-electron chi connectivity index (χ3n) is 3.76. The van der Waals surface area contributed by atoms with Gasteiger partial charge in [-0.2, -0.15) is 0 Å². The zero-order valence-electron chi connectivity index (χ0n) is 14.1. The molecule has 0 spiro atoms. The van der Waals surface area contributed by atoms with Crippen LogP contribution in [0.15, 0.2) is 41.3 Å². The summed E-state index contributed by atoms with van der Waals surface area (Å²) in [5.74, 6) is 0.323. The summed E-state index contributed by atoms with van der Waals surface area (Å²) >= 11 is 12.5. The molecule has 0 bridgehead atoms. The maximum atomic E-state index is 12.3. The number of nitrogens with zero attached hydrogens (tertiary/aromatic N) is 3. The van der Waals surface area contributed by atoms with Crippen LogP contribution in [0.2, 0.25) is 10.0 Å². The fourth-order valence-electron chi connectivity index (χ4n) is 2.43. The van der Waals surface area contributed by atoms with Gasteiger partial charge in [0.05, 0.1) is 22.2 Å². The van der Waals surface area contributed by atoms with Crippen molar-refractivity contribution in [3.05, 3.63) is 56.9 Å². The molecule has 2 aromatic heterocycles. The third kappa shape index (κ3) is 3.66. The molecule has 0 saturated heterocycles. The summed E-state index contributed by atoms with van der Waals surface area (Å²) in [6.07, 6.45) is 1.09. The van der Waals surface area contributed by atoms with Gasteiger partial charge in [-0.1, -0.05) is 29.3 Å². The van der Waals surface area contributed by atoms with Crippen LogP contribution in [0.5, 0.6) is 0 Å². The van der Waals surface area contributed by atoms with E-state index in [0.717, 1.165) is 0 Å². The van der Waals surface area contributed by atoms with Crippen molar-refractivity contribution in [2.75, 3.05) is 26.2 Å². The SMILES string of the molecule is COC(CNn1c(=O)ccc2cnc(-c3c(Cl)cccc3Cl)nc21)OC. The summed E-state index contributed by atoms with van der Waals surface area (Å²) in [7, 11) is 3.03. The van der Waals surface area contributed by atoms with Gasteiger partial charge in [-0.3, -0.25) is 4.79 Å². The van der Waals surface area contributed by atoms with Gasteiger partial charge in [0.2, 0.25) is 0 Å². The number of aromatic nitrogens is 3. The predicted octanol–water partition coefficient (Wildman–Crippen LogP) is 2.93. The minimum Gasteiger partial charge on any atom is -0.354 e. The molecule has 0 atom stereocenters. The molecule has 26 heavy (non-hydrogen) atoms. The molecular formula is C17H16Cl2N4O3. The average Bonchev–Trinajstić information content (AvgIpc) is 2.64. The molecule has 0 fully saturated rings. The fourth-order valence-corrected chi connectivity index (χ4v) is 3.00. The quantitative estimate of drug-likeness (QED) is 0.647. The maximum absolute atomic E-state index is 12.3. The number of pyridine rings is 1. The number of rotatable bonds is 6. The molecule has 0 radical (unpaired) electrons. The molecule has 7 nitrogen and oxygen atoms in total. The van der Waals surface area contributed by atoms with Crippen LogP contribution >= 0.6 is 23.2 Å². The number of benzene rings is 1. The highest BCUT2D eigenvalue weighted by Crippen LogP contribution is 2.32. The van der Waals surface area contributed by atoms with Crippen molar-refractivity contribution in [2.45, 2.75) is 6.29 Å². The van der Waals surface area contributed by atoms with Crippen LogP contribution in [-0.2, 0) is 9.47 Å². The molecule has 136 valence electrons. The Labute approximate surface area is 159 Å². The van der Waals surface area contributed by atoms with Gasteiger partial charge < -0.3 is 14.9 Å². The number of hydrogen-bond acceptors (Lipinski definition) is 6. The minimum atomic E-state index is -0.517. The number of fused-ring (bicyclic) bond motifs is 1. The van der Waals surface area contributed by atoms with Gasteiger partial charge in [0, 0.05) is 31.9 Å². The van der Waals surface area contributed by atoms with Gasteiger partial charge in [0.25, 0.3) is 5.56 Å². The number of halogens is 2. The van der Waals surface area contributed by atoms with Crippen LogP contribution in [0.3, 0.4) is 0 Å². The van der Waals surface area contributed by atoms with Crippen LogP contribution in [0.25, 0.3) is 22.4 Å². The van der Waals surface area contributed by atoms with Crippen LogP contribution in [-0.4, -0.2) is 41.7 Å². The molecule has 3 rings (SSSR count). The van der Waals surface area contributed by atoms with Crippen LogP contribution in [0, 0.1) is 0 Å². The number of hydrogen-bond donors (Lipinski definition) is 1. The normalized spacial score (nSPS) is 11.3. The highest BCUT2D eigenvalue weighted by molar-refractivity contribution is 6.39. The van der Waals surface area contributed by atoms with Gasteiger partial charge in [0.15, 0.2) is 17.8 Å². The largest absolute Gasteiger partial charge is 0.354 e. The van der Waals surface area contributed by atoms with E-state index in [4.69, 9.17) is 32.7 Å². The minimum absolute atomic E-state index is 0.248. The van der Waals surface area contributed by atoms with E-state index in [1.165, 1.54) is 25.0 Å². The topological polar surface area (TPSA) is 78.3 Å². The Morgan fingerprint density at radius 3 is 2.50 bits per heavy atom. The van der Waals surface area contributed by atoms with E-state index in [0.29, 0.717) is 32.5 Å². The Bertz CT molecular complexity index is 969. The summed E-state index contributed by atoms with van der Waals surface area (Å²) in [4.78, 5) is 21.1.